The van der Waals surface area contributed by atoms with E-state index in [1.807, 2.05) is 13.0 Å². The predicted molar refractivity (Wildman–Crippen MR) is 81.1 cm³/mol. The number of aliphatic carboxylic acids is 1. The van der Waals surface area contributed by atoms with Crippen LogP contribution in [0.5, 0.6) is 11.5 Å². The lowest BCUT2D eigenvalue weighted by molar-refractivity contribution is -0.133. The second kappa shape index (κ2) is 8.41. The second-order valence-corrected chi connectivity index (χ2v) is 5.28. The van der Waals surface area contributed by atoms with Crippen LogP contribution in [-0.2, 0) is 9.59 Å². The van der Waals surface area contributed by atoms with Crippen LogP contribution in [0.15, 0.2) is 18.2 Å². The Bertz CT molecular complexity index is 506. The van der Waals surface area contributed by atoms with Gasteiger partial charge in [-0.3, -0.25) is 9.59 Å². The summed E-state index contributed by atoms with van der Waals surface area (Å²) in [7, 11) is 3.11. The van der Waals surface area contributed by atoms with Crippen molar-refractivity contribution < 1.29 is 24.2 Å². The summed E-state index contributed by atoms with van der Waals surface area (Å²) in [6, 6.07) is 5.21. The van der Waals surface area contributed by atoms with Crippen molar-refractivity contribution in [1.29, 1.82) is 0 Å². The molecule has 0 aliphatic rings. The van der Waals surface area contributed by atoms with Crippen molar-refractivity contribution >= 4 is 23.6 Å². The quantitative estimate of drug-likeness (QED) is 0.760. The second-order valence-electron chi connectivity index (χ2n) is 4.29. The number of methoxy groups -OCH3 is 2. The molecule has 1 unspecified atom stereocenters. The number of carboxylic acid groups (broad SMARTS) is 1. The van der Waals surface area contributed by atoms with E-state index in [-0.39, 0.29) is 23.5 Å². The van der Waals surface area contributed by atoms with Gasteiger partial charge in [0.05, 0.1) is 31.8 Å². The Balaban J connectivity index is 2.60. The number of thioether (sulfide) groups is 1. The lowest BCUT2D eigenvalue weighted by Crippen LogP contribution is -2.28. The van der Waals surface area contributed by atoms with E-state index in [0.717, 1.165) is 17.3 Å². The molecule has 0 bridgehead atoms. The summed E-state index contributed by atoms with van der Waals surface area (Å²) in [6.07, 6.45) is 0. The number of hydrogen-bond donors (Lipinski definition) is 2. The highest BCUT2D eigenvalue weighted by atomic mass is 32.2. The smallest absolute Gasteiger partial charge is 0.313 e. The molecule has 0 aromatic heterocycles. The van der Waals surface area contributed by atoms with Gasteiger partial charge in [0, 0.05) is 0 Å². The van der Waals surface area contributed by atoms with Gasteiger partial charge < -0.3 is 19.9 Å². The molecule has 21 heavy (non-hydrogen) atoms. The number of carbonyl (C=O) groups is 2. The molecular formula is C14H19NO5S. The monoisotopic (exact) mass is 313 g/mol. The maximum atomic E-state index is 11.7. The first kappa shape index (κ1) is 17.2. The Morgan fingerprint density at radius 1 is 1.24 bits per heavy atom. The van der Waals surface area contributed by atoms with Crippen LogP contribution in [0, 0.1) is 0 Å². The van der Waals surface area contributed by atoms with Gasteiger partial charge in [0.15, 0.2) is 11.5 Å². The number of nitrogens with one attached hydrogen (secondary N) is 1. The first-order valence-electron chi connectivity index (χ1n) is 6.28. The molecule has 0 spiro atoms. The molecule has 1 rings (SSSR count). The minimum absolute atomic E-state index is 0.0852. The van der Waals surface area contributed by atoms with Crippen molar-refractivity contribution in [2.24, 2.45) is 0 Å². The number of carbonyl (C=O) groups excluding carboxylic acids is 1. The standard InChI is InChI=1S/C14H19NO5S/c1-9(15-13(16)7-21-8-14(17)18)10-4-5-11(19-2)12(6-10)20-3/h4-6,9H,7-8H2,1-3H3,(H,15,16)(H,17,18). The highest BCUT2D eigenvalue weighted by molar-refractivity contribution is 8.00. The average Bonchev–Trinajstić information content (AvgIpc) is 2.45. The predicted octanol–water partition coefficient (Wildman–Crippen LogP) is 1.70. The van der Waals surface area contributed by atoms with Gasteiger partial charge in [0.2, 0.25) is 5.91 Å². The van der Waals surface area contributed by atoms with E-state index in [4.69, 9.17) is 14.6 Å². The van der Waals surface area contributed by atoms with E-state index in [2.05, 4.69) is 5.32 Å². The fourth-order valence-electron chi connectivity index (χ4n) is 1.72. The Labute approximate surface area is 127 Å². The molecule has 0 saturated carbocycles. The van der Waals surface area contributed by atoms with Crippen molar-refractivity contribution in [3.8, 4) is 11.5 Å². The third-order valence-corrected chi connectivity index (χ3v) is 3.66. The largest absolute Gasteiger partial charge is 0.493 e. The van der Waals surface area contributed by atoms with Crippen LogP contribution in [0.25, 0.3) is 0 Å². The number of rotatable bonds is 8. The number of benzene rings is 1. The Morgan fingerprint density at radius 3 is 2.48 bits per heavy atom. The summed E-state index contributed by atoms with van der Waals surface area (Å²) in [5.74, 6) is 0.111. The summed E-state index contributed by atoms with van der Waals surface area (Å²) in [5, 5.41) is 11.3. The van der Waals surface area contributed by atoms with E-state index in [0.29, 0.717) is 11.5 Å². The summed E-state index contributed by atoms with van der Waals surface area (Å²) in [6.45, 7) is 1.85. The Hall–Kier alpha value is -1.89. The van der Waals surface area contributed by atoms with Crippen LogP contribution in [0.1, 0.15) is 18.5 Å². The van der Waals surface area contributed by atoms with Crippen molar-refractivity contribution in [3.63, 3.8) is 0 Å². The third kappa shape index (κ3) is 5.55. The molecule has 1 amide bonds. The minimum Gasteiger partial charge on any atom is -0.493 e. The molecule has 0 radical (unpaired) electrons. The maximum Gasteiger partial charge on any atom is 0.313 e. The number of hydrogen-bond acceptors (Lipinski definition) is 5. The molecule has 1 aromatic rings. The Kier molecular flexibility index (Phi) is 6.87. The molecule has 1 aromatic carbocycles. The summed E-state index contributed by atoms with van der Waals surface area (Å²) < 4.78 is 10.4. The van der Waals surface area contributed by atoms with Crippen LogP contribution < -0.4 is 14.8 Å². The maximum absolute atomic E-state index is 11.7. The lowest BCUT2D eigenvalue weighted by Gasteiger charge is -2.16. The molecule has 0 aliphatic carbocycles. The van der Waals surface area contributed by atoms with Crippen molar-refractivity contribution in [3.05, 3.63) is 23.8 Å². The van der Waals surface area contributed by atoms with Crippen molar-refractivity contribution in [2.75, 3.05) is 25.7 Å². The zero-order valence-corrected chi connectivity index (χ0v) is 13.0. The summed E-state index contributed by atoms with van der Waals surface area (Å²) in [4.78, 5) is 22.1. The minimum atomic E-state index is -0.930. The van der Waals surface area contributed by atoms with E-state index < -0.39 is 5.97 Å². The number of ether oxygens (including phenoxy) is 2. The number of amides is 1. The first-order valence-corrected chi connectivity index (χ1v) is 7.44. The van der Waals surface area contributed by atoms with Gasteiger partial charge >= 0.3 is 5.97 Å². The topological polar surface area (TPSA) is 84.9 Å². The molecule has 0 heterocycles. The van der Waals surface area contributed by atoms with Crippen LogP contribution in [-0.4, -0.2) is 42.7 Å². The zero-order valence-electron chi connectivity index (χ0n) is 12.2. The molecule has 0 saturated heterocycles. The van der Waals surface area contributed by atoms with E-state index in [9.17, 15) is 9.59 Å². The highest BCUT2D eigenvalue weighted by Crippen LogP contribution is 2.29. The van der Waals surface area contributed by atoms with Gasteiger partial charge in [-0.2, -0.15) is 0 Å². The van der Waals surface area contributed by atoms with Crippen molar-refractivity contribution in [2.45, 2.75) is 13.0 Å². The molecule has 0 aliphatic heterocycles. The number of carboxylic acids is 1. The van der Waals surface area contributed by atoms with Gasteiger partial charge in [-0.15, -0.1) is 11.8 Å². The van der Waals surface area contributed by atoms with Gasteiger partial charge in [-0.25, -0.2) is 0 Å². The molecule has 1 atom stereocenters. The van der Waals surface area contributed by atoms with Gasteiger partial charge in [-0.05, 0) is 24.6 Å². The highest BCUT2D eigenvalue weighted by Gasteiger charge is 2.13. The van der Waals surface area contributed by atoms with E-state index >= 15 is 0 Å². The Morgan fingerprint density at radius 2 is 1.90 bits per heavy atom. The zero-order chi connectivity index (χ0) is 15.8. The van der Waals surface area contributed by atoms with E-state index in [1.165, 1.54) is 0 Å². The summed E-state index contributed by atoms with van der Waals surface area (Å²) in [5.41, 5.74) is 0.879. The van der Waals surface area contributed by atoms with Crippen molar-refractivity contribution in [1.82, 2.24) is 5.32 Å². The molecule has 6 nitrogen and oxygen atoms in total. The molecule has 2 N–H and O–H groups in total. The van der Waals surface area contributed by atoms with Crippen LogP contribution in [0.3, 0.4) is 0 Å². The van der Waals surface area contributed by atoms with Gasteiger partial charge in [-0.1, -0.05) is 6.07 Å². The van der Waals surface area contributed by atoms with Crippen LogP contribution >= 0.6 is 11.8 Å². The fraction of sp³-hybridized carbons (Fsp3) is 0.429. The van der Waals surface area contributed by atoms with Gasteiger partial charge in [0.25, 0.3) is 0 Å². The lowest BCUT2D eigenvalue weighted by atomic mass is 10.1. The van der Waals surface area contributed by atoms with Crippen LogP contribution in [0.4, 0.5) is 0 Å². The average molecular weight is 313 g/mol. The molecule has 116 valence electrons. The van der Waals surface area contributed by atoms with E-state index in [1.54, 1.807) is 26.4 Å². The van der Waals surface area contributed by atoms with Gasteiger partial charge in [0.1, 0.15) is 0 Å². The SMILES string of the molecule is COc1ccc(C(C)NC(=O)CSCC(=O)O)cc1OC. The molecule has 7 heteroatoms. The molecular weight excluding hydrogens is 294 g/mol. The molecule has 0 fully saturated rings. The first-order chi connectivity index (χ1) is 9.97. The van der Waals surface area contributed by atoms with Crippen LogP contribution in [0.2, 0.25) is 0 Å². The fourth-order valence-corrected chi connectivity index (χ4v) is 2.27. The summed E-state index contributed by atoms with van der Waals surface area (Å²) >= 11 is 1.06. The normalized spacial score (nSPS) is 11.6. The third-order valence-electron chi connectivity index (χ3n) is 2.74.